The molecule has 0 spiro atoms. The first-order valence-corrected chi connectivity index (χ1v) is 6.53. The van der Waals surface area contributed by atoms with E-state index in [1.54, 1.807) is 4.90 Å². The van der Waals surface area contributed by atoms with Crippen LogP contribution in [-0.2, 0) is 4.74 Å². The van der Waals surface area contributed by atoms with Crippen molar-refractivity contribution < 1.29 is 14.6 Å². The van der Waals surface area contributed by atoms with E-state index in [-0.39, 0.29) is 18.1 Å². The predicted octanol–water partition coefficient (Wildman–Crippen LogP) is 2.01. The fraction of sp³-hybridized carbons (Fsp3) is 0.923. The maximum absolute atomic E-state index is 11.9. The lowest BCUT2D eigenvalue weighted by molar-refractivity contribution is 0.0263. The monoisotopic (exact) mass is 241 g/mol. The number of fused-ring (bicyclic) bond motifs is 1. The van der Waals surface area contributed by atoms with Crippen molar-refractivity contribution in [2.24, 2.45) is 11.8 Å². The minimum absolute atomic E-state index is 0.235. The summed E-state index contributed by atoms with van der Waals surface area (Å²) in [5.41, 5.74) is -0.441. The maximum atomic E-state index is 11.9. The number of likely N-dealkylation sites (tertiary alicyclic amines) is 1. The standard InChI is InChI=1S/C13H23NO3/c1-13(2,3)17-12(16)14-7-9-5-4-6-11(15)10(9)8-14/h9-11,15H,4-8H2,1-3H3/t9-,10+,11?/m1/s1. The van der Waals surface area contributed by atoms with Crippen molar-refractivity contribution in [3.8, 4) is 0 Å². The number of rotatable bonds is 0. The van der Waals surface area contributed by atoms with E-state index in [1.165, 1.54) is 0 Å². The molecule has 1 aliphatic carbocycles. The number of aliphatic hydroxyl groups excluding tert-OH is 1. The summed E-state index contributed by atoms with van der Waals surface area (Å²) in [4.78, 5) is 13.7. The molecule has 4 nitrogen and oxygen atoms in total. The molecule has 2 fully saturated rings. The number of carbonyl (C=O) groups is 1. The van der Waals surface area contributed by atoms with Gasteiger partial charge in [-0.2, -0.15) is 0 Å². The van der Waals surface area contributed by atoms with Gasteiger partial charge in [-0.05, 0) is 39.5 Å². The number of aliphatic hydroxyl groups is 1. The summed E-state index contributed by atoms with van der Waals surface area (Å²) in [6.45, 7) is 7.03. The molecule has 0 aromatic rings. The molecule has 0 aromatic carbocycles. The smallest absolute Gasteiger partial charge is 0.410 e. The van der Waals surface area contributed by atoms with Crippen molar-refractivity contribution in [1.82, 2.24) is 4.90 Å². The lowest BCUT2D eigenvalue weighted by Gasteiger charge is -2.28. The van der Waals surface area contributed by atoms with Crippen LogP contribution in [-0.4, -0.2) is 40.9 Å². The first-order valence-electron chi connectivity index (χ1n) is 6.53. The van der Waals surface area contributed by atoms with Crippen LogP contribution in [0.4, 0.5) is 4.79 Å². The Morgan fingerprint density at radius 2 is 2.00 bits per heavy atom. The molecule has 1 amide bonds. The van der Waals surface area contributed by atoms with Gasteiger partial charge in [-0.25, -0.2) is 4.79 Å². The zero-order chi connectivity index (χ0) is 12.6. The van der Waals surface area contributed by atoms with Gasteiger partial charge in [0.15, 0.2) is 0 Å². The van der Waals surface area contributed by atoms with Crippen molar-refractivity contribution in [3.05, 3.63) is 0 Å². The first kappa shape index (κ1) is 12.7. The average Bonchev–Trinajstić information content (AvgIpc) is 2.60. The summed E-state index contributed by atoms with van der Waals surface area (Å²) in [5.74, 6) is 0.725. The van der Waals surface area contributed by atoms with E-state index in [2.05, 4.69) is 0 Å². The maximum Gasteiger partial charge on any atom is 0.410 e. The lowest BCUT2D eigenvalue weighted by atomic mass is 9.80. The van der Waals surface area contributed by atoms with Crippen LogP contribution in [0.2, 0.25) is 0 Å². The molecular formula is C13H23NO3. The second kappa shape index (κ2) is 4.48. The van der Waals surface area contributed by atoms with E-state index >= 15 is 0 Å². The van der Waals surface area contributed by atoms with Crippen molar-refractivity contribution in [1.29, 1.82) is 0 Å². The predicted molar refractivity (Wildman–Crippen MR) is 64.6 cm³/mol. The Morgan fingerprint density at radius 3 is 2.59 bits per heavy atom. The second-order valence-electron chi connectivity index (χ2n) is 6.31. The summed E-state index contributed by atoms with van der Waals surface area (Å²) in [7, 11) is 0. The Labute approximate surface area is 103 Å². The normalized spacial score (nSPS) is 33.4. The van der Waals surface area contributed by atoms with Gasteiger partial charge in [0.25, 0.3) is 0 Å². The third-order valence-corrected chi connectivity index (χ3v) is 3.71. The zero-order valence-corrected chi connectivity index (χ0v) is 11.0. The van der Waals surface area contributed by atoms with Crippen LogP contribution in [0.5, 0.6) is 0 Å². The molecule has 0 bridgehead atoms. The third kappa shape index (κ3) is 2.92. The number of hydrogen-bond donors (Lipinski definition) is 1. The van der Waals surface area contributed by atoms with Crippen molar-refractivity contribution in [2.45, 2.75) is 51.7 Å². The Morgan fingerprint density at radius 1 is 1.29 bits per heavy atom. The van der Waals surface area contributed by atoms with Gasteiger partial charge in [-0.15, -0.1) is 0 Å². The van der Waals surface area contributed by atoms with Crippen LogP contribution in [0.1, 0.15) is 40.0 Å². The zero-order valence-electron chi connectivity index (χ0n) is 11.0. The highest BCUT2D eigenvalue weighted by molar-refractivity contribution is 5.68. The molecule has 1 unspecified atom stereocenters. The molecule has 2 aliphatic rings. The molecule has 17 heavy (non-hydrogen) atoms. The molecule has 1 heterocycles. The van der Waals surface area contributed by atoms with Crippen LogP contribution in [0.25, 0.3) is 0 Å². The van der Waals surface area contributed by atoms with Gasteiger partial charge in [0, 0.05) is 19.0 Å². The van der Waals surface area contributed by atoms with Crippen molar-refractivity contribution >= 4 is 6.09 Å². The Bertz CT molecular complexity index is 298. The van der Waals surface area contributed by atoms with Crippen LogP contribution < -0.4 is 0 Å². The molecule has 4 heteroatoms. The van der Waals surface area contributed by atoms with Gasteiger partial charge in [0.05, 0.1) is 6.10 Å². The Balaban J connectivity index is 1.95. The van der Waals surface area contributed by atoms with Gasteiger partial charge < -0.3 is 14.7 Å². The number of amides is 1. The topological polar surface area (TPSA) is 49.8 Å². The minimum Gasteiger partial charge on any atom is -0.444 e. The minimum atomic E-state index is -0.441. The van der Waals surface area contributed by atoms with Crippen LogP contribution in [0.3, 0.4) is 0 Å². The quantitative estimate of drug-likeness (QED) is 0.706. The molecule has 1 saturated heterocycles. The Kier molecular flexibility index (Phi) is 3.34. The fourth-order valence-electron chi connectivity index (χ4n) is 2.92. The summed E-state index contributed by atoms with van der Waals surface area (Å²) in [6, 6.07) is 0. The van der Waals surface area contributed by atoms with Crippen LogP contribution in [0.15, 0.2) is 0 Å². The molecule has 1 N–H and O–H groups in total. The highest BCUT2D eigenvalue weighted by atomic mass is 16.6. The first-order chi connectivity index (χ1) is 7.87. The van der Waals surface area contributed by atoms with E-state index in [9.17, 15) is 9.90 Å². The van der Waals surface area contributed by atoms with Crippen LogP contribution in [0, 0.1) is 11.8 Å². The summed E-state index contributed by atoms with van der Waals surface area (Å²) < 4.78 is 5.37. The summed E-state index contributed by atoms with van der Waals surface area (Å²) in [6.07, 6.45) is 2.61. The number of ether oxygens (including phenoxy) is 1. The van der Waals surface area contributed by atoms with E-state index in [0.29, 0.717) is 12.5 Å². The van der Waals surface area contributed by atoms with E-state index < -0.39 is 5.60 Å². The average molecular weight is 241 g/mol. The molecule has 3 atom stereocenters. The number of hydrogen-bond acceptors (Lipinski definition) is 3. The molecule has 0 radical (unpaired) electrons. The molecular weight excluding hydrogens is 218 g/mol. The van der Waals surface area contributed by atoms with E-state index in [4.69, 9.17) is 4.74 Å². The largest absolute Gasteiger partial charge is 0.444 e. The Hall–Kier alpha value is -0.770. The van der Waals surface area contributed by atoms with Gasteiger partial charge >= 0.3 is 6.09 Å². The number of nitrogens with zero attached hydrogens (tertiary/aromatic N) is 1. The van der Waals surface area contributed by atoms with Gasteiger partial charge in [-0.3, -0.25) is 0 Å². The number of carbonyl (C=O) groups excluding carboxylic acids is 1. The van der Waals surface area contributed by atoms with E-state index in [1.807, 2.05) is 20.8 Å². The molecule has 2 rings (SSSR count). The fourth-order valence-corrected chi connectivity index (χ4v) is 2.92. The molecule has 98 valence electrons. The summed E-state index contributed by atoms with van der Waals surface area (Å²) in [5, 5.41) is 9.93. The van der Waals surface area contributed by atoms with Gasteiger partial charge in [0.1, 0.15) is 5.60 Å². The molecule has 0 aromatic heterocycles. The molecule has 1 aliphatic heterocycles. The van der Waals surface area contributed by atoms with Crippen LogP contribution >= 0.6 is 0 Å². The summed E-state index contributed by atoms with van der Waals surface area (Å²) >= 11 is 0. The highest BCUT2D eigenvalue weighted by Gasteiger charge is 2.42. The SMILES string of the molecule is CC(C)(C)OC(=O)N1C[C@H]2CCCC(O)[C@H]2C1. The highest BCUT2D eigenvalue weighted by Crippen LogP contribution is 2.36. The lowest BCUT2D eigenvalue weighted by Crippen LogP contribution is -2.36. The van der Waals surface area contributed by atoms with Gasteiger partial charge in [0.2, 0.25) is 0 Å². The van der Waals surface area contributed by atoms with Gasteiger partial charge in [-0.1, -0.05) is 6.42 Å². The van der Waals surface area contributed by atoms with Crippen molar-refractivity contribution in [2.75, 3.05) is 13.1 Å². The van der Waals surface area contributed by atoms with Crippen molar-refractivity contribution in [3.63, 3.8) is 0 Å². The third-order valence-electron chi connectivity index (χ3n) is 3.71. The second-order valence-corrected chi connectivity index (χ2v) is 6.31. The van der Waals surface area contributed by atoms with E-state index in [0.717, 1.165) is 25.8 Å². The molecule has 1 saturated carbocycles.